The van der Waals surface area contributed by atoms with Crippen LogP contribution in [-0.2, 0) is 22.8 Å². The Labute approximate surface area is 112 Å². The van der Waals surface area contributed by atoms with Gasteiger partial charge in [-0.1, -0.05) is 11.8 Å². The molecule has 0 amide bonds. The molecule has 1 rings (SSSR count). The Kier molecular flexibility index (Phi) is 5.34. The minimum Gasteiger partial charge on any atom is -0.325 e. The van der Waals surface area contributed by atoms with Gasteiger partial charge in [0.2, 0.25) is 0 Å². The van der Waals surface area contributed by atoms with Crippen molar-refractivity contribution >= 4 is 33.2 Å². The molecule has 0 aliphatic heterocycles. The Morgan fingerprint density at radius 3 is 2.65 bits per heavy atom. The molecule has 0 radical (unpaired) electrons. The number of sulfone groups is 1. The molecule has 4 nitrogen and oxygen atoms in total. The van der Waals surface area contributed by atoms with Crippen LogP contribution in [0.5, 0.6) is 0 Å². The lowest BCUT2D eigenvalue weighted by molar-refractivity contribution is 0.589. The maximum Gasteiger partial charge on any atom is 0.167 e. The maximum atomic E-state index is 11.6. The van der Waals surface area contributed by atoms with Crippen molar-refractivity contribution in [3.05, 3.63) is 11.9 Å². The third kappa shape index (κ3) is 3.89. The second-order valence-electron chi connectivity index (χ2n) is 3.99. The molecule has 1 heterocycles. The predicted molar refractivity (Wildman–Crippen MR) is 72.4 cm³/mol. The van der Waals surface area contributed by atoms with Crippen LogP contribution in [0.25, 0.3) is 0 Å². The summed E-state index contributed by atoms with van der Waals surface area (Å²) in [6.45, 7) is 3.40. The van der Waals surface area contributed by atoms with E-state index in [0.717, 1.165) is 10.9 Å². The van der Waals surface area contributed by atoms with Gasteiger partial charge in [0, 0.05) is 12.8 Å². The third-order valence-corrected chi connectivity index (χ3v) is 6.28. The average Bonchev–Trinajstić information content (AvgIpc) is 2.59. The summed E-state index contributed by atoms with van der Waals surface area (Å²) in [5.41, 5.74) is 0.931. The first-order valence-electron chi connectivity index (χ1n) is 5.29. The lowest BCUT2D eigenvalue weighted by atomic mass is 10.5. The van der Waals surface area contributed by atoms with E-state index in [-0.39, 0.29) is 11.0 Å². The van der Waals surface area contributed by atoms with Gasteiger partial charge in [0.15, 0.2) is 15.0 Å². The standard InChI is InChI=1S/C10H17ClN2O2S2/c1-8(2)17(14,15)5-4-16-10-12-7-9(6-11)13(10)3/h7-8H,4-6H2,1-3H3. The van der Waals surface area contributed by atoms with Crippen LogP contribution >= 0.6 is 23.4 Å². The number of thioether (sulfide) groups is 1. The van der Waals surface area contributed by atoms with Crippen LogP contribution in [0.15, 0.2) is 11.4 Å². The monoisotopic (exact) mass is 296 g/mol. The molecular weight excluding hydrogens is 280 g/mol. The van der Waals surface area contributed by atoms with Gasteiger partial charge in [0.25, 0.3) is 0 Å². The first-order valence-corrected chi connectivity index (χ1v) is 8.53. The molecule has 0 aromatic carbocycles. The molecule has 0 saturated carbocycles. The lowest BCUT2D eigenvalue weighted by Crippen LogP contribution is -2.19. The summed E-state index contributed by atoms with van der Waals surface area (Å²) >= 11 is 7.17. The Hall–Kier alpha value is -0.200. The van der Waals surface area contributed by atoms with Crippen LogP contribution in [0, 0.1) is 0 Å². The van der Waals surface area contributed by atoms with Crippen molar-refractivity contribution in [2.24, 2.45) is 7.05 Å². The van der Waals surface area contributed by atoms with Crippen molar-refractivity contribution in [1.29, 1.82) is 0 Å². The summed E-state index contributed by atoms with van der Waals surface area (Å²) in [5, 5.41) is 0.488. The zero-order valence-electron chi connectivity index (χ0n) is 10.2. The van der Waals surface area contributed by atoms with Gasteiger partial charge in [-0.2, -0.15) is 0 Å². The summed E-state index contributed by atoms with van der Waals surface area (Å²) in [7, 11) is -1.08. The topological polar surface area (TPSA) is 52.0 Å². The van der Waals surface area contributed by atoms with Crippen LogP contribution in [0.1, 0.15) is 19.5 Å². The van der Waals surface area contributed by atoms with E-state index in [1.54, 1.807) is 20.0 Å². The molecule has 1 aromatic heterocycles. The number of aromatic nitrogens is 2. The summed E-state index contributed by atoms with van der Waals surface area (Å²) in [6.07, 6.45) is 1.71. The fourth-order valence-electron chi connectivity index (χ4n) is 1.17. The molecule has 0 fully saturated rings. The molecule has 0 unspecified atom stereocenters. The third-order valence-electron chi connectivity index (χ3n) is 2.50. The number of rotatable bonds is 6. The molecule has 98 valence electrons. The van der Waals surface area contributed by atoms with Gasteiger partial charge in [0.05, 0.1) is 28.8 Å². The number of hydrogen-bond acceptors (Lipinski definition) is 4. The number of imidazole rings is 1. The van der Waals surface area contributed by atoms with Crippen molar-refractivity contribution in [2.45, 2.75) is 30.1 Å². The van der Waals surface area contributed by atoms with E-state index in [1.807, 2.05) is 11.6 Å². The second kappa shape index (κ2) is 6.11. The van der Waals surface area contributed by atoms with Crippen LogP contribution in [-0.4, -0.2) is 34.7 Å². The van der Waals surface area contributed by atoms with Gasteiger partial charge in [-0.25, -0.2) is 13.4 Å². The van der Waals surface area contributed by atoms with Gasteiger partial charge >= 0.3 is 0 Å². The zero-order chi connectivity index (χ0) is 13.1. The summed E-state index contributed by atoms with van der Waals surface area (Å²) in [5.74, 6) is 1.11. The number of nitrogens with zero attached hydrogens (tertiary/aromatic N) is 2. The highest BCUT2D eigenvalue weighted by Gasteiger charge is 2.16. The van der Waals surface area contributed by atoms with Gasteiger partial charge in [-0.05, 0) is 13.8 Å². The minimum absolute atomic E-state index is 0.179. The molecule has 7 heteroatoms. The van der Waals surface area contributed by atoms with Crippen LogP contribution < -0.4 is 0 Å². The summed E-state index contributed by atoms with van der Waals surface area (Å²) < 4.78 is 25.1. The fraction of sp³-hybridized carbons (Fsp3) is 0.700. The molecule has 0 saturated heterocycles. The van der Waals surface area contributed by atoms with Crippen LogP contribution in [0.4, 0.5) is 0 Å². The Bertz CT molecular complexity index is 469. The SMILES string of the molecule is CC(C)S(=O)(=O)CCSc1ncc(CCl)n1C. The zero-order valence-corrected chi connectivity index (χ0v) is 12.6. The average molecular weight is 297 g/mol. The van der Waals surface area contributed by atoms with E-state index >= 15 is 0 Å². The number of alkyl halides is 1. The van der Waals surface area contributed by atoms with Gasteiger partial charge in [0.1, 0.15) is 0 Å². The maximum absolute atomic E-state index is 11.6. The van der Waals surface area contributed by atoms with Crippen molar-refractivity contribution in [1.82, 2.24) is 9.55 Å². The highest BCUT2D eigenvalue weighted by molar-refractivity contribution is 8.00. The van der Waals surface area contributed by atoms with Crippen molar-refractivity contribution in [2.75, 3.05) is 11.5 Å². The van der Waals surface area contributed by atoms with E-state index < -0.39 is 9.84 Å². The normalized spacial score (nSPS) is 12.3. The minimum atomic E-state index is -2.96. The molecule has 0 N–H and O–H groups in total. The highest BCUT2D eigenvalue weighted by Crippen LogP contribution is 2.19. The quantitative estimate of drug-likeness (QED) is 0.596. The van der Waals surface area contributed by atoms with E-state index in [0.29, 0.717) is 11.6 Å². The summed E-state index contributed by atoms with van der Waals surface area (Å²) in [6, 6.07) is 0. The highest BCUT2D eigenvalue weighted by atomic mass is 35.5. The van der Waals surface area contributed by atoms with E-state index in [9.17, 15) is 8.42 Å². The first kappa shape index (κ1) is 14.9. The number of hydrogen-bond donors (Lipinski definition) is 0. The smallest absolute Gasteiger partial charge is 0.167 e. The largest absolute Gasteiger partial charge is 0.325 e. The molecular formula is C10H17ClN2O2S2. The second-order valence-corrected chi connectivity index (χ2v) is 8.00. The molecule has 0 aliphatic carbocycles. The van der Waals surface area contributed by atoms with Crippen LogP contribution in [0.2, 0.25) is 0 Å². The van der Waals surface area contributed by atoms with Crippen molar-refractivity contribution in [3.8, 4) is 0 Å². The van der Waals surface area contributed by atoms with Crippen LogP contribution in [0.3, 0.4) is 0 Å². The molecule has 0 bridgehead atoms. The molecule has 1 aromatic rings. The lowest BCUT2D eigenvalue weighted by Gasteiger charge is -2.07. The Balaban J connectivity index is 2.55. The Morgan fingerprint density at radius 2 is 2.18 bits per heavy atom. The van der Waals surface area contributed by atoms with E-state index in [2.05, 4.69) is 4.98 Å². The summed E-state index contributed by atoms with van der Waals surface area (Å²) in [4.78, 5) is 4.20. The molecule has 0 spiro atoms. The first-order chi connectivity index (χ1) is 7.88. The van der Waals surface area contributed by atoms with E-state index in [4.69, 9.17) is 11.6 Å². The number of halogens is 1. The van der Waals surface area contributed by atoms with Gasteiger partial charge in [-0.15, -0.1) is 11.6 Å². The van der Waals surface area contributed by atoms with Crippen molar-refractivity contribution in [3.63, 3.8) is 0 Å². The van der Waals surface area contributed by atoms with E-state index in [1.165, 1.54) is 11.8 Å². The molecule has 0 atom stereocenters. The van der Waals surface area contributed by atoms with Gasteiger partial charge in [-0.3, -0.25) is 0 Å². The molecule has 0 aliphatic rings. The Morgan fingerprint density at radius 1 is 1.53 bits per heavy atom. The predicted octanol–water partition coefficient (Wildman–Crippen LogP) is 2.07. The fourth-order valence-corrected chi connectivity index (χ4v) is 3.77. The van der Waals surface area contributed by atoms with Gasteiger partial charge < -0.3 is 4.57 Å². The van der Waals surface area contributed by atoms with Crippen molar-refractivity contribution < 1.29 is 8.42 Å². The molecule has 17 heavy (non-hydrogen) atoms.